The molecule has 1 saturated carbocycles. The van der Waals surface area contributed by atoms with Crippen LogP contribution in [-0.2, 0) is 11.2 Å². The van der Waals surface area contributed by atoms with Gasteiger partial charge in [-0.3, -0.25) is 9.89 Å². The van der Waals surface area contributed by atoms with Crippen molar-refractivity contribution in [1.29, 1.82) is 0 Å². The second kappa shape index (κ2) is 6.48. The standard InChI is InChI=1S/C21H23N3O2/c1-4-13-9-15(26-3)6-8-19(13)22-21(25)18-11-17(18)14-5-7-16-12(2)23-24-20(16)10-14/h5-10,17-18H,4,11H2,1-3H3,(H,22,25)(H,23,24)/t17-,18+/m0/s1. The molecule has 5 heteroatoms. The number of anilines is 1. The van der Waals surface area contributed by atoms with Gasteiger partial charge in [0.05, 0.1) is 18.3 Å². The molecule has 4 rings (SSSR count). The molecule has 26 heavy (non-hydrogen) atoms. The minimum absolute atomic E-state index is 0.0308. The molecule has 1 fully saturated rings. The minimum atomic E-state index is 0.0308. The Balaban J connectivity index is 1.48. The van der Waals surface area contributed by atoms with Crippen molar-refractivity contribution < 1.29 is 9.53 Å². The van der Waals surface area contributed by atoms with Crippen molar-refractivity contribution in [2.75, 3.05) is 12.4 Å². The van der Waals surface area contributed by atoms with E-state index in [2.05, 4.69) is 40.6 Å². The lowest BCUT2D eigenvalue weighted by Crippen LogP contribution is -2.15. The summed E-state index contributed by atoms with van der Waals surface area (Å²) in [6.45, 7) is 4.07. The number of hydrogen-bond acceptors (Lipinski definition) is 3. The fourth-order valence-electron chi connectivity index (χ4n) is 3.59. The number of H-pyrrole nitrogens is 1. The normalized spacial score (nSPS) is 18.7. The Bertz CT molecular complexity index is 977. The highest BCUT2D eigenvalue weighted by Gasteiger charge is 2.44. The van der Waals surface area contributed by atoms with Gasteiger partial charge in [0.2, 0.25) is 5.91 Å². The maximum Gasteiger partial charge on any atom is 0.228 e. The van der Waals surface area contributed by atoms with Crippen LogP contribution >= 0.6 is 0 Å². The first-order valence-electron chi connectivity index (χ1n) is 9.03. The average Bonchev–Trinajstić information content (AvgIpc) is 3.39. The largest absolute Gasteiger partial charge is 0.497 e. The Morgan fingerprint density at radius 2 is 2.15 bits per heavy atom. The molecule has 2 N–H and O–H groups in total. The van der Waals surface area contributed by atoms with Crippen molar-refractivity contribution in [3.63, 3.8) is 0 Å². The number of hydrogen-bond donors (Lipinski definition) is 2. The van der Waals surface area contributed by atoms with E-state index < -0.39 is 0 Å². The van der Waals surface area contributed by atoms with E-state index in [4.69, 9.17) is 4.74 Å². The third-order valence-corrected chi connectivity index (χ3v) is 5.28. The van der Waals surface area contributed by atoms with E-state index in [9.17, 15) is 4.79 Å². The molecule has 134 valence electrons. The number of nitrogens with one attached hydrogen (secondary N) is 2. The topological polar surface area (TPSA) is 67.0 Å². The van der Waals surface area contributed by atoms with Gasteiger partial charge in [0.1, 0.15) is 5.75 Å². The predicted octanol–water partition coefficient (Wildman–Crippen LogP) is 4.18. The molecular weight excluding hydrogens is 326 g/mol. The molecule has 1 aliphatic carbocycles. The summed E-state index contributed by atoms with van der Waals surface area (Å²) in [4.78, 5) is 12.7. The SMILES string of the molecule is CCc1cc(OC)ccc1NC(=O)[C@@H]1C[C@H]1c1ccc2c(C)n[nH]c2c1. The summed E-state index contributed by atoms with van der Waals surface area (Å²) in [5.41, 5.74) is 5.21. The van der Waals surface area contributed by atoms with Gasteiger partial charge in [-0.05, 0) is 61.1 Å². The molecule has 3 aromatic rings. The first-order chi connectivity index (χ1) is 12.6. The highest BCUT2D eigenvalue weighted by Crippen LogP contribution is 2.48. The van der Waals surface area contributed by atoms with E-state index in [0.717, 1.165) is 46.4 Å². The van der Waals surface area contributed by atoms with Gasteiger partial charge in [-0.15, -0.1) is 0 Å². The van der Waals surface area contributed by atoms with Gasteiger partial charge in [-0.25, -0.2) is 0 Å². The molecule has 0 spiro atoms. The van der Waals surface area contributed by atoms with E-state index in [-0.39, 0.29) is 17.7 Å². The predicted molar refractivity (Wildman–Crippen MR) is 103 cm³/mol. The van der Waals surface area contributed by atoms with Crippen LogP contribution in [0.15, 0.2) is 36.4 Å². The van der Waals surface area contributed by atoms with Crippen molar-refractivity contribution in [2.45, 2.75) is 32.6 Å². The Hall–Kier alpha value is -2.82. The zero-order valence-electron chi connectivity index (χ0n) is 15.3. The fraction of sp³-hybridized carbons (Fsp3) is 0.333. The van der Waals surface area contributed by atoms with E-state index in [1.807, 2.05) is 25.1 Å². The van der Waals surface area contributed by atoms with Crippen LogP contribution in [0, 0.1) is 12.8 Å². The number of carbonyl (C=O) groups excluding carboxylic acids is 1. The number of benzene rings is 2. The number of aromatic nitrogens is 2. The summed E-state index contributed by atoms with van der Waals surface area (Å²) in [6.07, 6.45) is 1.73. The molecule has 2 aromatic carbocycles. The molecule has 0 aliphatic heterocycles. The van der Waals surface area contributed by atoms with Gasteiger partial charge in [-0.1, -0.05) is 19.1 Å². The third-order valence-electron chi connectivity index (χ3n) is 5.28. The lowest BCUT2D eigenvalue weighted by Gasteiger charge is -2.11. The molecule has 0 saturated heterocycles. The van der Waals surface area contributed by atoms with E-state index in [1.165, 1.54) is 5.56 Å². The molecule has 1 aliphatic rings. The van der Waals surface area contributed by atoms with E-state index in [1.54, 1.807) is 7.11 Å². The van der Waals surface area contributed by atoms with Crippen molar-refractivity contribution in [3.05, 3.63) is 53.2 Å². The van der Waals surface area contributed by atoms with Crippen LogP contribution in [0.25, 0.3) is 10.9 Å². The maximum atomic E-state index is 12.7. The quantitative estimate of drug-likeness (QED) is 0.726. The summed E-state index contributed by atoms with van der Waals surface area (Å²) >= 11 is 0. The fourth-order valence-corrected chi connectivity index (χ4v) is 3.59. The van der Waals surface area contributed by atoms with E-state index in [0.29, 0.717) is 0 Å². The van der Waals surface area contributed by atoms with Crippen LogP contribution in [0.4, 0.5) is 5.69 Å². The van der Waals surface area contributed by atoms with Gasteiger partial charge >= 0.3 is 0 Å². The lowest BCUT2D eigenvalue weighted by molar-refractivity contribution is -0.117. The van der Waals surface area contributed by atoms with Crippen LogP contribution in [-0.4, -0.2) is 23.2 Å². The molecule has 0 bridgehead atoms. The highest BCUT2D eigenvalue weighted by molar-refractivity contribution is 5.96. The van der Waals surface area contributed by atoms with Crippen molar-refractivity contribution in [1.82, 2.24) is 10.2 Å². The number of aromatic amines is 1. The third kappa shape index (κ3) is 2.94. The Labute approximate surface area is 152 Å². The van der Waals surface area contributed by atoms with E-state index >= 15 is 0 Å². The second-order valence-corrected chi connectivity index (χ2v) is 6.93. The second-order valence-electron chi connectivity index (χ2n) is 6.93. The zero-order chi connectivity index (χ0) is 18.3. The summed E-state index contributed by atoms with van der Waals surface area (Å²) < 4.78 is 5.27. The van der Waals surface area contributed by atoms with Gasteiger partial charge in [-0.2, -0.15) is 5.10 Å². The Morgan fingerprint density at radius 1 is 1.31 bits per heavy atom. The number of fused-ring (bicyclic) bond motifs is 1. The van der Waals surface area contributed by atoms with Crippen molar-refractivity contribution in [3.8, 4) is 5.75 Å². The smallest absolute Gasteiger partial charge is 0.228 e. The first-order valence-corrected chi connectivity index (χ1v) is 9.03. The number of aryl methyl sites for hydroxylation is 2. The molecular formula is C21H23N3O2. The first kappa shape index (κ1) is 16.6. The van der Waals surface area contributed by atoms with Gasteiger partial charge < -0.3 is 10.1 Å². The number of amides is 1. The van der Waals surface area contributed by atoms with Crippen LogP contribution < -0.4 is 10.1 Å². The summed E-state index contributed by atoms with van der Waals surface area (Å²) in [5, 5.41) is 11.5. The number of ether oxygens (including phenoxy) is 1. The van der Waals surface area contributed by atoms with Gasteiger partial charge in [0, 0.05) is 17.0 Å². The van der Waals surface area contributed by atoms with Gasteiger partial charge in [0.15, 0.2) is 0 Å². The molecule has 1 aromatic heterocycles. The summed E-state index contributed by atoms with van der Waals surface area (Å²) in [5.74, 6) is 1.22. The molecule has 0 radical (unpaired) electrons. The van der Waals surface area contributed by atoms with Crippen LogP contribution in [0.3, 0.4) is 0 Å². The number of rotatable bonds is 5. The van der Waals surface area contributed by atoms with Crippen LogP contribution in [0.2, 0.25) is 0 Å². The Kier molecular flexibility index (Phi) is 4.15. The summed E-state index contributed by atoms with van der Waals surface area (Å²) in [7, 11) is 1.65. The molecule has 1 heterocycles. The van der Waals surface area contributed by atoms with Crippen LogP contribution in [0.5, 0.6) is 5.75 Å². The van der Waals surface area contributed by atoms with Crippen molar-refractivity contribution >= 4 is 22.5 Å². The number of nitrogens with zero attached hydrogens (tertiary/aromatic N) is 1. The van der Waals surface area contributed by atoms with Crippen molar-refractivity contribution in [2.24, 2.45) is 5.92 Å². The summed E-state index contributed by atoms with van der Waals surface area (Å²) in [6, 6.07) is 12.1. The highest BCUT2D eigenvalue weighted by atomic mass is 16.5. The molecule has 2 atom stereocenters. The monoisotopic (exact) mass is 349 g/mol. The molecule has 0 unspecified atom stereocenters. The maximum absolute atomic E-state index is 12.7. The Morgan fingerprint density at radius 3 is 2.92 bits per heavy atom. The lowest BCUT2D eigenvalue weighted by atomic mass is 10.1. The van der Waals surface area contributed by atoms with Crippen LogP contribution in [0.1, 0.15) is 36.1 Å². The molecule has 5 nitrogen and oxygen atoms in total. The number of methoxy groups -OCH3 is 1. The minimum Gasteiger partial charge on any atom is -0.497 e. The number of carbonyl (C=O) groups is 1. The molecule has 1 amide bonds. The average molecular weight is 349 g/mol. The van der Waals surface area contributed by atoms with Gasteiger partial charge in [0.25, 0.3) is 0 Å². The zero-order valence-corrected chi connectivity index (χ0v) is 15.3.